The number of nitrogens with two attached hydrogens (primary N) is 1. The van der Waals surface area contributed by atoms with Crippen molar-refractivity contribution in [2.24, 2.45) is 0 Å². The van der Waals surface area contributed by atoms with Crippen LogP contribution in [0.2, 0.25) is 19.6 Å². The average molecular weight is 146 g/mol. The van der Waals surface area contributed by atoms with E-state index in [-0.39, 0.29) is 0 Å². The van der Waals surface area contributed by atoms with Gasteiger partial charge in [0, 0.05) is 0 Å². The van der Waals surface area contributed by atoms with Crippen LogP contribution in [0.5, 0.6) is 0 Å². The summed E-state index contributed by atoms with van der Waals surface area (Å²) in [5.74, 6) is 0. The molecule has 2 heteroatoms. The van der Waals surface area contributed by atoms with Crippen molar-refractivity contribution in [2.75, 3.05) is 0 Å². The number of hydrogen-bond acceptors (Lipinski definition) is 0. The topological polar surface area (TPSA) is 16.6 Å². The van der Waals surface area contributed by atoms with Crippen LogP contribution in [0.15, 0.2) is 0 Å². The lowest BCUT2D eigenvalue weighted by atomic mass is 10.1. The van der Waals surface area contributed by atoms with Crippen molar-refractivity contribution in [1.29, 1.82) is 0 Å². The molecule has 0 unspecified atom stereocenters. The first-order valence-corrected chi connectivity index (χ1v) is 7.15. The summed E-state index contributed by atoms with van der Waals surface area (Å²) < 4.78 is 0. The van der Waals surface area contributed by atoms with Crippen molar-refractivity contribution < 1.29 is 4.98 Å². The predicted octanol–water partition coefficient (Wildman–Crippen LogP) is 1.18. The zero-order valence-electron chi connectivity index (χ0n) is 7.58. The molecule has 0 aliphatic rings. The van der Waals surface area contributed by atoms with Crippen LogP contribution in [0.3, 0.4) is 0 Å². The highest BCUT2D eigenvalue weighted by atomic mass is 28.3. The summed E-state index contributed by atoms with van der Waals surface area (Å²) in [6, 6.07) is 0. The molecule has 0 rings (SSSR count). The van der Waals surface area contributed by atoms with Gasteiger partial charge in [0.25, 0.3) is 8.24 Å². The fourth-order valence-corrected chi connectivity index (χ4v) is 3.90. The van der Waals surface area contributed by atoms with Gasteiger partial charge in [0.05, 0.1) is 5.54 Å². The van der Waals surface area contributed by atoms with Gasteiger partial charge >= 0.3 is 0 Å². The molecule has 0 aromatic rings. The van der Waals surface area contributed by atoms with E-state index in [9.17, 15) is 0 Å². The number of hydrogen-bond donors (Lipinski definition) is 1. The van der Waals surface area contributed by atoms with E-state index in [2.05, 4.69) is 45.4 Å². The molecule has 9 heavy (non-hydrogen) atoms. The molecule has 0 aromatic heterocycles. The molecule has 0 heterocycles. The van der Waals surface area contributed by atoms with E-state index in [0.717, 1.165) is 0 Å². The Balaban J connectivity index is 3.75. The first kappa shape index (κ1) is 9.18. The molecule has 0 spiro atoms. The fourth-order valence-electron chi connectivity index (χ4n) is 1.30. The molecule has 0 aliphatic heterocycles. The van der Waals surface area contributed by atoms with Gasteiger partial charge in [-0.25, -0.2) is 0 Å². The van der Waals surface area contributed by atoms with Gasteiger partial charge in [-0.1, -0.05) is 0 Å². The Morgan fingerprint density at radius 2 is 1.33 bits per heavy atom. The molecule has 0 saturated heterocycles. The van der Waals surface area contributed by atoms with E-state index in [1.807, 2.05) is 0 Å². The van der Waals surface area contributed by atoms with Crippen molar-refractivity contribution in [1.82, 2.24) is 0 Å². The molecular weight excluding hydrogens is 126 g/mol. The lowest BCUT2D eigenvalue weighted by molar-refractivity contribution is -0.604. The summed E-state index contributed by atoms with van der Waals surface area (Å²) in [4.78, 5) is 2.51. The van der Waals surface area contributed by atoms with Gasteiger partial charge in [0.2, 0.25) is 0 Å². The zero-order chi connectivity index (χ0) is 7.71. The highest BCUT2D eigenvalue weighted by Gasteiger charge is 2.26. The smallest absolute Gasteiger partial charge is 0.273 e. The molecule has 0 fully saturated rings. The maximum Gasteiger partial charge on any atom is 0.273 e. The second-order valence-electron chi connectivity index (χ2n) is 4.88. The summed E-state index contributed by atoms with van der Waals surface area (Å²) in [6.45, 7) is 13.9. The molecule has 1 nitrogen and oxygen atoms in total. The zero-order valence-corrected chi connectivity index (χ0v) is 8.58. The van der Waals surface area contributed by atoms with Gasteiger partial charge in [0.1, 0.15) is 0 Å². The maximum absolute atomic E-state index is 2.51. The Hall–Kier alpha value is 0.177. The van der Waals surface area contributed by atoms with Gasteiger partial charge in [-0.15, -0.1) is 0 Å². The van der Waals surface area contributed by atoms with E-state index in [4.69, 9.17) is 0 Å². The second-order valence-corrected chi connectivity index (χ2v) is 9.90. The van der Waals surface area contributed by atoms with E-state index in [1.54, 1.807) is 0 Å². The van der Waals surface area contributed by atoms with Crippen LogP contribution in [0.25, 0.3) is 0 Å². The monoisotopic (exact) mass is 146 g/mol. The maximum atomic E-state index is 2.51. The Labute approximate surface area is 59.9 Å². The van der Waals surface area contributed by atoms with Crippen molar-refractivity contribution in [3.63, 3.8) is 0 Å². The van der Waals surface area contributed by atoms with Crippen LogP contribution in [-0.4, -0.2) is 13.8 Å². The molecule has 0 radical (unpaired) electrons. The van der Waals surface area contributed by atoms with Crippen molar-refractivity contribution in [3.05, 3.63) is 0 Å². The Bertz CT molecular complexity index is 74.1. The highest BCUT2D eigenvalue weighted by Crippen LogP contribution is 1.94. The lowest BCUT2D eigenvalue weighted by Gasteiger charge is -2.25. The van der Waals surface area contributed by atoms with Crippen LogP contribution in [0, 0.1) is 0 Å². The molecule has 0 saturated carbocycles. The minimum Gasteiger partial charge on any atom is -0.402 e. The van der Waals surface area contributed by atoms with Gasteiger partial charge in [-0.05, 0) is 40.4 Å². The molecule has 56 valence electrons. The van der Waals surface area contributed by atoms with Crippen molar-refractivity contribution in [2.45, 2.75) is 46.0 Å². The fraction of sp³-hybridized carbons (Fsp3) is 1.00. The summed E-state index contributed by atoms with van der Waals surface area (Å²) in [7, 11) is -0.918. The van der Waals surface area contributed by atoms with Gasteiger partial charge in [-0.2, -0.15) is 0 Å². The van der Waals surface area contributed by atoms with Crippen LogP contribution < -0.4 is 4.98 Å². The van der Waals surface area contributed by atoms with Crippen LogP contribution in [0.1, 0.15) is 20.8 Å². The molecule has 2 N–H and O–H groups in total. The van der Waals surface area contributed by atoms with Crippen LogP contribution in [-0.2, 0) is 0 Å². The van der Waals surface area contributed by atoms with E-state index >= 15 is 0 Å². The van der Waals surface area contributed by atoms with Gasteiger partial charge in [0.15, 0.2) is 0 Å². The third kappa shape index (κ3) is 8.18. The Morgan fingerprint density at radius 3 is 1.33 bits per heavy atom. The first-order valence-electron chi connectivity index (χ1n) is 3.58. The molecule has 0 atom stereocenters. The summed E-state index contributed by atoms with van der Waals surface area (Å²) >= 11 is 0. The molecular formula is C7H20NSi+. The minimum absolute atomic E-state index is 0.421. The standard InChI is InChI=1S/C7H19NSi/c1-7(2,3)8-9(4,5)6/h8H,1-6H3/p+1. The highest BCUT2D eigenvalue weighted by molar-refractivity contribution is 6.67. The van der Waals surface area contributed by atoms with E-state index < -0.39 is 8.24 Å². The third-order valence-electron chi connectivity index (χ3n) is 0.866. The van der Waals surface area contributed by atoms with Crippen LogP contribution >= 0.6 is 0 Å². The normalized spacial score (nSPS) is 14.0. The molecule has 0 bridgehead atoms. The van der Waals surface area contributed by atoms with E-state index in [1.165, 1.54) is 0 Å². The minimum atomic E-state index is -0.918. The third-order valence-corrected chi connectivity index (χ3v) is 2.60. The number of rotatable bonds is 1. The summed E-state index contributed by atoms with van der Waals surface area (Å²) in [5.41, 5.74) is 0.421. The molecule has 0 aromatic carbocycles. The summed E-state index contributed by atoms with van der Waals surface area (Å²) in [5, 5.41) is 0. The van der Waals surface area contributed by atoms with Crippen molar-refractivity contribution in [3.8, 4) is 0 Å². The largest absolute Gasteiger partial charge is 0.402 e. The van der Waals surface area contributed by atoms with Crippen molar-refractivity contribution >= 4 is 8.24 Å². The predicted molar refractivity (Wildman–Crippen MR) is 45.0 cm³/mol. The number of quaternary nitrogens is 1. The quantitative estimate of drug-likeness (QED) is 0.535. The molecule has 0 amide bonds. The average Bonchev–Trinajstić information content (AvgIpc) is 1.14. The van der Waals surface area contributed by atoms with Gasteiger partial charge < -0.3 is 4.98 Å². The second kappa shape index (κ2) is 2.43. The Kier molecular flexibility index (Phi) is 2.47. The van der Waals surface area contributed by atoms with Crippen LogP contribution in [0.4, 0.5) is 0 Å². The lowest BCUT2D eigenvalue weighted by Crippen LogP contribution is -3.05. The van der Waals surface area contributed by atoms with E-state index in [0.29, 0.717) is 5.54 Å². The summed E-state index contributed by atoms with van der Waals surface area (Å²) in [6.07, 6.45) is 0. The van der Waals surface area contributed by atoms with Gasteiger partial charge in [-0.3, -0.25) is 0 Å². The first-order chi connectivity index (χ1) is 3.71. The molecule has 0 aliphatic carbocycles. The SMILES string of the molecule is CC(C)(C)[NH2+][Si](C)(C)C. The Morgan fingerprint density at radius 1 is 1.00 bits per heavy atom.